The fraction of sp³-hybridized carbons (Fsp3) is 0.727. The topological polar surface area (TPSA) is 58.9 Å². The molecule has 4 nitrogen and oxygen atoms in total. The third-order valence-corrected chi connectivity index (χ3v) is 7.36. The van der Waals surface area contributed by atoms with Crippen molar-refractivity contribution in [2.75, 3.05) is 19.8 Å². The minimum Gasteiger partial charge on any atom is -0.396 e. The molecule has 1 spiro atoms. The number of hydrogen-bond donors (Lipinski definition) is 2. The molecular formula is C22H32O4. The summed E-state index contributed by atoms with van der Waals surface area (Å²) in [5.74, 6) is 0.756. The largest absolute Gasteiger partial charge is 0.396 e. The van der Waals surface area contributed by atoms with Crippen molar-refractivity contribution >= 4 is 0 Å². The first-order chi connectivity index (χ1) is 12.5. The second-order valence-electron chi connectivity index (χ2n) is 9.14. The molecule has 6 atom stereocenters. The lowest BCUT2D eigenvalue weighted by Gasteiger charge is -2.40. The zero-order chi connectivity index (χ0) is 18.4. The molecule has 2 aliphatic carbocycles. The van der Waals surface area contributed by atoms with Gasteiger partial charge in [-0.1, -0.05) is 44.2 Å². The molecule has 1 heterocycles. The normalized spacial score (nSPS) is 41.0. The molecule has 1 aromatic rings. The highest BCUT2D eigenvalue weighted by Crippen LogP contribution is 2.64. The Morgan fingerprint density at radius 3 is 2.46 bits per heavy atom. The van der Waals surface area contributed by atoms with E-state index in [2.05, 4.69) is 26.0 Å². The fourth-order valence-corrected chi connectivity index (χ4v) is 6.42. The summed E-state index contributed by atoms with van der Waals surface area (Å²) < 4.78 is 12.7. The predicted octanol–water partition coefficient (Wildman–Crippen LogP) is 3.01. The Balaban J connectivity index is 1.62. The van der Waals surface area contributed by atoms with Gasteiger partial charge in [-0.2, -0.15) is 0 Å². The highest BCUT2D eigenvalue weighted by Gasteiger charge is 2.68. The molecule has 1 aromatic carbocycles. The van der Waals surface area contributed by atoms with E-state index < -0.39 is 0 Å². The van der Waals surface area contributed by atoms with Crippen LogP contribution >= 0.6 is 0 Å². The van der Waals surface area contributed by atoms with Gasteiger partial charge in [0.05, 0.1) is 18.3 Å². The Morgan fingerprint density at radius 1 is 1.12 bits per heavy atom. The third kappa shape index (κ3) is 2.73. The van der Waals surface area contributed by atoms with Gasteiger partial charge in [0.25, 0.3) is 0 Å². The van der Waals surface area contributed by atoms with Crippen LogP contribution in [0.5, 0.6) is 0 Å². The lowest BCUT2D eigenvalue weighted by Crippen LogP contribution is -2.47. The van der Waals surface area contributed by atoms with Crippen molar-refractivity contribution in [3.8, 4) is 0 Å². The molecule has 1 unspecified atom stereocenters. The van der Waals surface area contributed by atoms with Crippen molar-refractivity contribution < 1.29 is 19.7 Å². The number of aliphatic hydroxyl groups excluding tert-OH is 2. The molecule has 144 valence electrons. The third-order valence-electron chi connectivity index (χ3n) is 7.36. The zero-order valence-electron chi connectivity index (χ0n) is 15.9. The second-order valence-corrected chi connectivity index (χ2v) is 9.14. The number of aliphatic hydroxyl groups is 2. The number of fused-ring (bicyclic) bond motifs is 1. The quantitative estimate of drug-likeness (QED) is 0.847. The second kappa shape index (κ2) is 6.90. The summed E-state index contributed by atoms with van der Waals surface area (Å²) >= 11 is 0. The first kappa shape index (κ1) is 18.4. The molecule has 3 fully saturated rings. The summed E-state index contributed by atoms with van der Waals surface area (Å²) in [4.78, 5) is 0. The van der Waals surface area contributed by atoms with E-state index in [0.717, 1.165) is 25.9 Å². The van der Waals surface area contributed by atoms with Gasteiger partial charge in [-0.25, -0.2) is 0 Å². The van der Waals surface area contributed by atoms with E-state index in [4.69, 9.17) is 9.47 Å². The van der Waals surface area contributed by atoms with E-state index in [1.54, 1.807) is 0 Å². The molecular weight excluding hydrogens is 328 g/mol. The van der Waals surface area contributed by atoms with Gasteiger partial charge in [-0.05, 0) is 42.1 Å². The summed E-state index contributed by atoms with van der Waals surface area (Å²) in [6.07, 6.45) is 3.06. The Hall–Kier alpha value is -0.940. The number of ether oxygens (including phenoxy) is 2. The van der Waals surface area contributed by atoms with Crippen LogP contribution in [0, 0.1) is 29.1 Å². The highest BCUT2D eigenvalue weighted by molar-refractivity contribution is 5.17. The van der Waals surface area contributed by atoms with Crippen molar-refractivity contribution in [2.24, 2.45) is 29.1 Å². The van der Waals surface area contributed by atoms with Crippen LogP contribution in [0.15, 0.2) is 30.3 Å². The molecule has 0 bridgehead atoms. The van der Waals surface area contributed by atoms with Crippen molar-refractivity contribution in [1.29, 1.82) is 0 Å². The lowest BCUT2D eigenvalue weighted by atomic mass is 9.74. The summed E-state index contributed by atoms with van der Waals surface area (Å²) in [5.41, 5.74) is 0.852. The molecule has 0 aromatic heterocycles. The van der Waals surface area contributed by atoms with Crippen LogP contribution < -0.4 is 0 Å². The maximum atomic E-state index is 10.3. The maximum absolute atomic E-state index is 10.3. The van der Waals surface area contributed by atoms with Crippen LogP contribution in [0.4, 0.5) is 0 Å². The molecule has 4 heteroatoms. The standard InChI is InChI=1S/C22H32O4/c1-21(2)11-16-17(12-23)22(9-6-10-26-22)18(13-24)19(16)20(21)25-14-15-7-4-3-5-8-15/h3-5,7-8,16-20,23-24H,6,9-14H2,1-2H3/t16-,17+,18-,19-,20-,22?/m1/s1. The van der Waals surface area contributed by atoms with E-state index >= 15 is 0 Å². The van der Waals surface area contributed by atoms with Gasteiger partial charge < -0.3 is 19.7 Å². The van der Waals surface area contributed by atoms with Gasteiger partial charge in [-0.3, -0.25) is 0 Å². The van der Waals surface area contributed by atoms with E-state index in [9.17, 15) is 10.2 Å². The molecule has 2 N–H and O–H groups in total. The van der Waals surface area contributed by atoms with Crippen LogP contribution in [-0.2, 0) is 16.1 Å². The van der Waals surface area contributed by atoms with Gasteiger partial charge in [0.1, 0.15) is 0 Å². The van der Waals surface area contributed by atoms with Gasteiger partial charge in [-0.15, -0.1) is 0 Å². The van der Waals surface area contributed by atoms with E-state index in [0.29, 0.717) is 12.5 Å². The molecule has 2 saturated carbocycles. The summed E-state index contributed by atoms with van der Waals surface area (Å²) in [6, 6.07) is 10.3. The predicted molar refractivity (Wildman–Crippen MR) is 99.5 cm³/mol. The van der Waals surface area contributed by atoms with Gasteiger partial charge in [0.2, 0.25) is 0 Å². The van der Waals surface area contributed by atoms with Gasteiger partial charge >= 0.3 is 0 Å². The minimum absolute atomic E-state index is 0.0329. The molecule has 26 heavy (non-hydrogen) atoms. The van der Waals surface area contributed by atoms with Crippen molar-refractivity contribution in [3.63, 3.8) is 0 Å². The zero-order valence-corrected chi connectivity index (χ0v) is 15.9. The maximum Gasteiger partial charge on any atom is 0.0789 e. The first-order valence-electron chi connectivity index (χ1n) is 10.0. The first-order valence-corrected chi connectivity index (χ1v) is 10.0. The Labute approximate surface area is 156 Å². The van der Waals surface area contributed by atoms with E-state index in [-0.39, 0.29) is 48.1 Å². The number of rotatable bonds is 5. The summed E-state index contributed by atoms with van der Waals surface area (Å²) in [6.45, 7) is 6.12. The highest BCUT2D eigenvalue weighted by atomic mass is 16.5. The van der Waals surface area contributed by atoms with Crippen LogP contribution in [0.1, 0.15) is 38.7 Å². The van der Waals surface area contributed by atoms with Gasteiger partial charge in [0, 0.05) is 31.7 Å². The van der Waals surface area contributed by atoms with Crippen LogP contribution in [0.3, 0.4) is 0 Å². The molecule has 4 rings (SSSR count). The van der Waals surface area contributed by atoms with Crippen LogP contribution in [0.2, 0.25) is 0 Å². The number of hydrogen-bond acceptors (Lipinski definition) is 4. The Bertz CT molecular complexity index is 608. The van der Waals surface area contributed by atoms with Crippen LogP contribution in [-0.4, -0.2) is 41.7 Å². The molecule has 1 saturated heterocycles. The SMILES string of the molecule is CC1(C)C[C@H]2[C@@H]([C@H]1OCc1ccccc1)[C@@H](CO)C1(CCCO1)[C@H]2CO. The summed E-state index contributed by atoms with van der Waals surface area (Å²) in [5, 5.41) is 20.5. The molecule has 3 aliphatic rings. The van der Waals surface area contributed by atoms with Crippen molar-refractivity contribution in [3.05, 3.63) is 35.9 Å². The smallest absolute Gasteiger partial charge is 0.0789 e. The monoisotopic (exact) mass is 360 g/mol. The Morgan fingerprint density at radius 2 is 1.85 bits per heavy atom. The van der Waals surface area contributed by atoms with Crippen LogP contribution in [0.25, 0.3) is 0 Å². The van der Waals surface area contributed by atoms with E-state index in [1.165, 1.54) is 5.56 Å². The van der Waals surface area contributed by atoms with Crippen molar-refractivity contribution in [1.82, 2.24) is 0 Å². The lowest BCUT2D eigenvalue weighted by molar-refractivity contribution is -0.118. The fourth-order valence-electron chi connectivity index (χ4n) is 6.42. The molecule has 0 radical (unpaired) electrons. The number of benzene rings is 1. The minimum atomic E-state index is -0.357. The average molecular weight is 360 g/mol. The average Bonchev–Trinajstić information content (AvgIpc) is 3.27. The van der Waals surface area contributed by atoms with Crippen molar-refractivity contribution in [2.45, 2.75) is 51.4 Å². The molecule has 0 amide bonds. The molecule has 1 aliphatic heterocycles. The summed E-state index contributed by atoms with van der Waals surface area (Å²) in [7, 11) is 0. The van der Waals surface area contributed by atoms with Gasteiger partial charge in [0.15, 0.2) is 0 Å². The van der Waals surface area contributed by atoms with E-state index in [1.807, 2.05) is 18.2 Å². The Kier molecular flexibility index (Phi) is 4.89.